The molecule has 0 aliphatic carbocycles. The number of nitrogens with zero attached hydrogens (tertiary/aromatic N) is 4. The first-order valence-corrected chi connectivity index (χ1v) is 6.23. The number of rotatable bonds is 2. The third-order valence-corrected chi connectivity index (χ3v) is 3.53. The molecule has 3 heterocycles. The van der Waals surface area contributed by atoms with Crippen molar-refractivity contribution in [1.82, 2.24) is 19.9 Å². The number of nitrogens with one attached hydrogen (secondary N) is 1. The number of hydrogen-bond donors (Lipinski definition) is 2. The van der Waals surface area contributed by atoms with Gasteiger partial charge >= 0.3 is 5.97 Å². The minimum atomic E-state index is -0.917. The molecule has 1 aliphatic heterocycles. The number of fused-ring (bicyclic) bond motifs is 1. The third kappa shape index (κ3) is 1.80. The second-order valence-corrected chi connectivity index (χ2v) is 4.78. The molecule has 0 spiro atoms. The van der Waals surface area contributed by atoms with Crippen LogP contribution in [0.2, 0.25) is 0 Å². The van der Waals surface area contributed by atoms with Crippen LogP contribution in [0.5, 0.6) is 0 Å². The summed E-state index contributed by atoms with van der Waals surface area (Å²) in [4.78, 5) is 28.3. The lowest BCUT2D eigenvalue weighted by molar-refractivity contribution is -0.131. The molecule has 2 N–H and O–H groups in total. The van der Waals surface area contributed by atoms with Crippen molar-refractivity contribution in [2.75, 3.05) is 17.2 Å². The molecule has 2 aromatic heterocycles. The Morgan fingerprint density at radius 2 is 2.33 bits per heavy atom. The van der Waals surface area contributed by atoms with Crippen molar-refractivity contribution in [3.05, 3.63) is 23.8 Å². The van der Waals surface area contributed by atoms with E-state index in [-0.39, 0.29) is 0 Å². The molecular weight excluding hydrogens is 254 g/mol. The van der Waals surface area contributed by atoms with Gasteiger partial charge in [-0.15, -0.1) is 11.8 Å². The lowest BCUT2D eigenvalue weighted by atomic mass is 10.4. The maximum absolute atomic E-state index is 11.0. The van der Waals surface area contributed by atoms with Gasteiger partial charge in [0.2, 0.25) is 0 Å². The third-order valence-electron chi connectivity index (χ3n) is 2.55. The number of hydrogen-bond acceptors (Lipinski definition) is 6. The fourth-order valence-electron chi connectivity index (χ4n) is 1.75. The molecule has 0 unspecified atom stereocenters. The minimum Gasteiger partial charge on any atom is -0.477 e. The Balaban J connectivity index is 2.06. The molecule has 7 nitrogen and oxygen atoms in total. The van der Waals surface area contributed by atoms with E-state index in [0.29, 0.717) is 34.2 Å². The zero-order chi connectivity index (χ0) is 12.5. The molecule has 0 fully saturated rings. The lowest BCUT2D eigenvalue weighted by Crippen LogP contribution is -2.26. The Hall–Kier alpha value is -2.09. The van der Waals surface area contributed by atoms with E-state index in [9.17, 15) is 4.79 Å². The molecule has 0 aromatic carbocycles. The highest BCUT2D eigenvalue weighted by Gasteiger charge is 2.20. The quantitative estimate of drug-likeness (QED) is 0.828. The number of aliphatic carboxylic acids is 1. The second-order valence-electron chi connectivity index (χ2n) is 3.64. The van der Waals surface area contributed by atoms with Crippen molar-refractivity contribution in [3.63, 3.8) is 0 Å². The normalized spacial score (nSPS) is 15.8. The number of aromatic nitrogens is 4. The number of H-pyrrole nitrogens is 1. The highest BCUT2D eigenvalue weighted by atomic mass is 32.2. The van der Waals surface area contributed by atoms with Crippen molar-refractivity contribution < 1.29 is 9.90 Å². The van der Waals surface area contributed by atoms with E-state index in [1.54, 1.807) is 12.5 Å². The maximum Gasteiger partial charge on any atom is 0.343 e. The molecule has 2 aromatic rings. The number of anilines is 1. The van der Waals surface area contributed by atoms with Gasteiger partial charge in [-0.2, -0.15) is 0 Å². The number of carbonyl (C=O) groups is 1. The van der Waals surface area contributed by atoms with Crippen LogP contribution in [0.4, 0.5) is 5.82 Å². The van der Waals surface area contributed by atoms with Crippen LogP contribution in [0.1, 0.15) is 0 Å². The SMILES string of the molecule is O=C(O)C1=CN(c2ncnc3nc[nH]c23)CCS1. The van der Waals surface area contributed by atoms with E-state index < -0.39 is 5.97 Å². The van der Waals surface area contributed by atoms with Crippen LogP contribution >= 0.6 is 11.8 Å². The Morgan fingerprint density at radius 1 is 1.44 bits per heavy atom. The van der Waals surface area contributed by atoms with E-state index in [1.165, 1.54) is 18.1 Å². The highest BCUT2D eigenvalue weighted by molar-refractivity contribution is 8.04. The van der Waals surface area contributed by atoms with E-state index in [0.717, 1.165) is 0 Å². The van der Waals surface area contributed by atoms with Crippen LogP contribution in [0, 0.1) is 0 Å². The molecule has 8 heteroatoms. The standard InChI is InChI=1S/C10H9N5O2S/c16-10(17)6-3-15(1-2-18-6)9-7-8(12-4-11-7)13-5-14-9/h3-5H,1-2H2,(H,16,17)(H,11,12,13,14). The monoisotopic (exact) mass is 263 g/mol. The molecular formula is C10H9N5O2S. The topological polar surface area (TPSA) is 95.0 Å². The van der Waals surface area contributed by atoms with Crippen LogP contribution in [-0.4, -0.2) is 43.3 Å². The van der Waals surface area contributed by atoms with Crippen molar-refractivity contribution in [2.24, 2.45) is 0 Å². The maximum atomic E-state index is 11.0. The van der Waals surface area contributed by atoms with Crippen molar-refractivity contribution >= 4 is 34.7 Å². The summed E-state index contributed by atoms with van der Waals surface area (Å²) < 4.78 is 0. The van der Waals surface area contributed by atoms with E-state index in [2.05, 4.69) is 19.9 Å². The summed E-state index contributed by atoms with van der Waals surface area (Å²) in [5.41, 5.74) is 1.29. The van der Waals surface area contributed by atoms with Gasteiger partial charge in [-0.1, -0.05) is 0 Å². The summed E-state index contributed by atoms with van der Waals surface area (Å²) in [5.74, 6) is 0.439. The van der Waals surface area contributed by atoms with Gasteiger partial charge in [0.05, 0.1) is 6.33 Å². The molecule has 1 aliphatic rings. The molecule has 0 bridgehead atoms. The zero-order valence-electron chi connectivity index (χ0n) is 9.20. The Morgan fingerprint density at radius 3 is 3.17 bits per heavy atom. The van der Waals surface area contributed by atoms with Crippen LogP contribution in [0.25, 0.3) is 11.2 Å². The fourth-order valence-corrected chi connectivity index (χ4v) is 2.58. The number of carboxylic acids is 1. The smallest absolute Gasteiger partial charge is 0.343 e. The van der Waals surface area contributed by atoms with Crippen LogP contribution in [0.15, 0.2) is 23.8 Å². The largest absolute Gasteiger partial charge is 0.477 e. The first kappa shape index (κ1) is 11.0. The van der Waals surface area contributed by atoms with Gasteiger partial charge in [-0.3, -0.25) is 0 Å². The fraction of sp³-hybridized carbons (Fsp3) is 0.200. The van der Waals surface area contributed by atoms with E-state index in [4.69, 9.17) is 5.11 Å². The van der Waals surface area contributed by atoms with Gasteiger partial charge in [-0.25, -0.2) is 19.7 Å². The molecule has 0 amide bonds. The van der Waals surface area contributed by atoms with E-state index >= 15 is 0 Å². The molecule has 3 rings (SSSR count). The second kappa shape index (κ2) is 4.30. The van der Waals surface area contributed by atoms with Crippen molar-refractivity contribution in [1.29, 1.82) is 0 Å². The predicted molar refractivity (Wildman–Crippen MR) is 67.2 cm³/mol. The summed E-state index contributed by atoms with van der Waals surface area (Å²) in [7, 11) is 0. The van der Waals surface area contributed by atoms with Gasteiger partial charge in [0, 0.05) is 18.5 Å². The number of imidazole rings is 1. The van der Waals surface area contributed by atoms with Gasteiger partial charge in [0.25, 0.3) is 0 Å². The Labute approximate surface area is 106 Å². The Kier molecular flexibility index (Phi) is 2.63. The van der Waals surface area contributed by atoms with Gasteiger partial charge in [0.15, 0.2) is 11.5 Å². The first-order valence-electron chi connectivity index (χ1n) is 5.24. The predicted octanol–water partition coefficient (Wildman–Crippen LogP) is 0.832. The number of thioether (sulfide) groups is 1. The zero-order valence-corrected chi connectivity index (χ0v) is 10.0. The first-order chi connectivity index (χ1) is 8.75. The highest BCUT2D eigenvalue weighted by Crippen LogP contribution is 2.27. The average molecular weight is 263 g/mol. The summed E-state index contributed by atoms with van der Waals surface area (Å²) in [6.07, 6.45) is 4.57. The summed E-state index contributed by atoms with van der Waals surface area (Å²) in [6.45, 7) is 0.701. The molecule has 0 saturated carbocycles. The molecule has 0 atom stereocenters. The summed E-state index contributed by atoms with van der Waals surface area (Å²) in [6, 6.07) is 0. The molecule has 92 valence electrons. The van der Waals surface area contributed by atoms with E-state index in [1.807, 2.05) is 4.90 Å². The van der Waals surface area contributed by atoms with Crippen LogP contribution in [0.3, 0.4) is 0 Å². The number of aromatic amines is 1. The van der Waals surface area contributed by atoms with Crippen molar-refractivity contribution in [2.45, 2.75) is 0 Å². The Bertz CT molecular complexity index is 638. The molecule has 0 saturated heterocycles. The lowest BCUT2D eigenvalue weighted by Gasteiger charge is -2.24. The average Bonchev–Trinajstić information content (AvgIpc) is 2.87. The van der Waals surface area contributed by atoms with Crippen LogP contribution in [-0.2, 0) is 4.79 Å². The molecule has 18 heavy (non-hydrogen) atoms. The van der Waals surface area contributed by atoms with Gasteiger partial charge < -0.3 is 15.0 Å². The summed E-state index contributed by atoms with van der Waals surface area (Å²) >= 11 is 1.33. The van der Waals surface area contributed by atoms with Gasteiger partial charge in [-0.05, 0) is 0 Å². The molecule has 0 radical (unpaired) electrons. The number of carboxylic acid groups (broad SMARTS) is 1. The van der Waals surface area contributed by atoms with Crippen LogP contribution < -0.4 is 4.90 Å². The van der Waals surface area contributed by atoms with Crippen molar-refractivity contribution in [3.8, 4) is 0 Å². The summed E-state index contributed by atoms with van der Waals surface area (Å²) in [5, 5.41) is 9.01. The van der Waals surface area contributed by atoms with Gasteiger partial charge in [0.1, 0.15) is 16.7 Å². The minimum absolute atomic E-state index is 0.313.